The van der Waals surface area contributed by atoms with E-state index < -0.39 is 11.6 Å². The Morgan fingerprint density at radius 3 is 2.60 bits per heavy atom. The molecule has 2 aromatic heterocycles. The van der Waals surface area contributed by atoms with E-state index >= 15 is 0 Å². The van der Waals surface area contributed by atoms with Crippen LogP contribution >= 0.6 is 11.3 Å². The predicted molar refractivity (Wildman–Crippen MR) is 96.8 cm³/mol. The van der Waals surface area contributed by atoms with Gasteiger partial charge >= 0.3 is 5.69 Å². The van der Waals surface area contributed by atoms with Crippen LogP contribution in [0.3, 0.4) is 0 Å². The Morgan fingerprint density at radius 2 is 1.96 bits per heavy atom. The molecular weight excluding hydrogens is 344 g/mol. The quantitative estimate of drug-likeness (QED) is 0.438. The van der Waals surface area contributed by atoms with Crippen molar-refractivity contribution in [2.75, 3.05) is 18.0 Å². The topological polar surface area (TPSA) is 115 Å². The molecule has 1 saturated heterocycles. The third-order valence-electron chi connectivity index (χ3n) is 4.29. The lowest BCUT2D eigenvalue weighted by molar-refractivity contribution is -0.121. The Kier molecular flexibility index (Phi) is 5.19. The first kappa shape index (κ1) is 17.6. The molecule has 3 heterocycles. The average Bonchev–Trinajstić information content (AvgIpc) is 3.08. The van der Waals surface area contributed by atoms with Gasteiger partial charge in [0.15, 0.2) is 10.8 Å². The van der Waals surface area contributed by atoms with Gasteiger partial charge in [0.25, 0.3) is 11.5 Å². The lowest BCUT2D eigenvalue weighted by Crippen LogP contribution is -2.43. The molecule has 1 amide bonds. The molecule has 0 bridgehead atoms. The molecule has 2 aromatic rings. The molecule has 3 N–H and O–H groups in total. The van der Waals surface area contributed by atoms with E-state index in [9.17, 15) is 14.4 Å². The minimum absolute atomic E-state index is 0.261. The van der Waals surface area contributed by atoms with Crippen molar-refractivity contribution >= 4 is 32.7 Å². The smallest absolute Gasteiger partial charge is 0.333 e. The van der Waals surface area contributed by atoms with Crippen molar-refractivity contribution in [3.63, 3.8) is 0 Å². The van der Waals surface area contributed by atoms with Crippen LogP contribution < -0.4 is 27.4 Å². The summed E-state index contributed by atoms with van der Waals surface area (Å²) in [5, 5.41) is 0.724. The number of aromatic nitrogens is 3. The molecule has 10 heteroatoms. The molecule has 0 unspecified atom stereocenters. The number of amides is 1. The molecule has 0 atom stereocenters. The van der Waals surface area contributed by atoms with Crippen LogP contribution in [-0.2, 0) is 17.9 Å². The standard InChI is InChI=1S/C15H22N6O3S/c1-2-6-20-13(23)11-12(21(15(20)24)9-10(22)18-16)17-14(25-11)19-7-4-3-5-8-19/h2-9,16H2,1H3,(H,18,22). The zero-order valence-corrected chi connectivity index (χ0v) is 15.0. The fraction of sp³-hybridized carbons (Fsp3) is 0.600. The lowest BCUT2D eigenvalue weighted by atomic mass is 10.1. The third-order valence-corrected chi connectivity index (χ3v) is 5.38. The molecule has 9 nitrogen and oxygen atoms in total. The number of fused-ring (bicyclic) bond motifs is 1. The Bertz CT molecular complexity index is 893. The van der Waals surface area contributed by atoms with Gasteiger partial charge in [0.1, 0.15) is 11.2 Å². The van der Waals surface area contributed by atoms with Gasteiger partial charge in [-0.25, -0.2) is 15.6 Å². The van der Waals surface area contributed by atoms with Crippen molar-refractivity contribution < 1.29 is 4.79 Å². The van der Waals surface area contributed by atoms with Crippen LogP contribution in [0, 0.1) is 0 Å². The fourth-order valence-electron chi connectivity index (χ4n) is 3.04. The first-order chi connectivity index (χ1) is 12.1. The van der Waals surface area contributed by atoms with E-state index in [4.69, 9.17) is 5.84 Å². The van der Waals surface area contributed by atoms with Crippen LogP contribution in [0.1, 0.15) is 32.6 Å². The summed E-state index contributed by atoms with van der Waals surface area (Å²) in [6.07, 6.45) is 3.99. The van der Waals surface area contributed by atoms with Crippen LogP contribution in [0.4, 0.5) is 5.13 Å². The summed E-state index contributed by atoms with van der Waals surface area (Å²) in [6, 6.07) is 0. The van der Waals surface area contributed by atoms with Gasteiger partial charge in [-0.3, -0.25) is 24.1 Å². The fourth-order valence-corrected chi connectivity index (χ4v) is 4.11. The summed E-state index contributed by atoms with van der Waals surface area (Å²) >= 11 is 1.29. The summed E-state index contributed by atoms with van der Waals surface area (Å²) < 4.78 is 2.81. The first-order valence-corrected chi connectivity index (χ1v) is 9.27. The molecular formula is C15H22N6O3S. The highest BCUT2D eigenvalue weighted by Gasteiger charge is 2.22. The predicted octanol–water partition coefficient (Wildman–Crippen LogP) is 0.00990. The normalized spacial score (nSPS) is 14.9. The second-order valence-corrected chi connectivity index (χ2v) is 7.07. The minimum atomic E-state index is -0.529. The second-order valence-electron chi connectivity index (χ2n) is 6.09. The van der Waals surface area contributed by atoms with Gasteiger partial charge in [0.2, 0.25) is 0 Å². The molecule has 136 valence electrons. The molecule has 3 rings (SSSR count). The van der Waals surface area contributed by atoms with Crippen LogP contribution in [0.15, 0.2) is 9.59 Å². The molecule has 0 spiro atoms. The summed E-state index contributed by atoms with van der Waals surface area (Å²) in [7, 11) is 0. The van der Waals surface area contributed by atoms with Crippen LogP contribution in [0.5, 0.6) is 0 Å². The highest BCUT2D eigenvalue weighted by molar-refractivity contribution is 7.22. The molecule has 25 heavy (non-hydrogen) atoms. The van der Waals surface area contributed by atoms with Crippen molar-refractivity contribution in [2.45, 2.75) is 45.7 Å². The highest BCUT2D eigenvalue weighted by atomic mass is 32.1. The number of nitrogens with two attached hydrogens (primary N) is 1. The third kappa shape index (κ3) is 3.31. The van der Waals surface area contributed by atoms with Crippen LogP contribution in [-0.4, -0.2) is 33.1 Å². The maximum Gasteiger partial charge on any atom is 0.333 e. The number of nitrogens with zero attached hydrogens (tertiary/aromatic N) is 4. The number of thiazole rings is 1. The Balaban J connectivity index is 2.19. The van der Waals surface area contributed by atoms with Gasteiger partial charge < -0.3 is 4.90 Å². The number of carbonyl (C=O) groups is 1. The van der Waals surface area contributed by atoms with E-state index in [0.29, 0.717) is 17.7 Å². The van der Waals surface area contributed by atoms with Gasteiger partial charge in [-0.15, -0.1) is 0 Å². The highest BCUT2D eigenvalue weighted by Crippen LogP contribution is 2.28. The van der Waals surface area contributed by atoms with Crippen molar-refractivity contribution in [1.29, 1.82) is 0 Å². The van der Waals surface area contributed by atoms with E-state index in [2.05, 4.69) is 9.88 Å². The minimum Gasteiger partial charge on any atom is -0.348 e. The van der Waals surface area contributed by atoms with E-state index in [1.165, 1.54) is 26.9 Å². The number of hydrogen-bond donors (Lipinski definition) is 2. The Hall–Kier alpha value is -2.20. The largest absolute Gasteiger partial charge is 0.348 e. The Labute approximate surface area is 148 Å². The zero-order valence-electron chi connectivity index (χ0n) is 14.2. The number of piperidine rings is 1. The summed E-state index contributed by atoms with van der Waals surface area (Å²) in [5.41, 5.74) is 1.41. The maximum absolute atomic E-state index is 12.7. The molecule has 0 radical (unpaired) electrons. The van der Waals surface area contributed by atoms with Gasteiger partial charge in [0.05, 0.1) is 0 Å². The number of hydrogen-bond acceptors (Lipinski definition) is 7. The monoisotopic (exact) mass is 366 g/mol. The van der Waals surface area contributed by atoms with Crippen molar-refractivity contribution in [3.8, 4) is 0 Å². The van der Waals surface area contributed by atoms with Crippen molar-refractivity contribution in [1.82, 2.24) is 19.5 Å². The maximum atomic E-state index is 12.7. The lowest BCUT2D eigenvalue weighted by Gasteiger charge is -2.25. The van der Waals surface area contributed by atoms with Crippen molar-refractivity contribution in [2.24, 2.45) is 5.84 Å². The Morgan fingerprint density at radius 1 is 1.24 bits per heavy atom. The number of rotatable bonds is 5. The molecule has 1 aliphatic rings. The average molecular weight is 366 g/mol. The van der Waals surface area contributed by atoms with Gasteiger partial charge in [-0.05, 0) is 25.7 Å². The number of anilines is 1. The van der Waals surface area contributed by atoms with E-state index in [1.807, 2.05) is 12.3 Å². The first-order valence-electron chi connectivity index (χ1n) is 8.45. The van der Waals surface area contributed by atoms with Crippen LogP contribution in [0.2, 0.25) is 0 Å². The second kappa shape index (κ2) is 7.36. The number of nitrogens with one attached hydrogen (secondary N) is 1. The van der Waals surface area contributed by atoms with Gasteiger partial charge in [-0.1, -0.05) is 18.3 Å². The van der Waals surface area contributed by atoms with E-state index in [-0.39, 0.29) is 17.8 Å². The molecule has 0 saturated carbocycles. The SMILES string of the molecule is CCCn1c(=O)c2sc(N3CCCCC3)nc2n(CC(=O)NN)c1=O. The zero-order chi connectivity index (χ0) is 18.0. The van der Waals surface area contributed by atoms with Crippen molar-refractivity contribution in [3.05, 3.63) is 20.8 Å². The summed E-state index contributed by atoms with van der Waals surface area (Å²) in [6.45, 7) is 3.69. The summed E-state index contributed by atoms with van der Waals surface area (Å²) in [5.74, 6) is 4.64. The molecule has 1 fully saturated rings. The van der Waals surface area contributed by atoms with E-state index in [0.717, 1.165) is 31.1 Å². The van der Waals surface area contributed by atoms with Gasteiger partial charge in [-0.2, -0.15) is 0 Å². The number of hydrazine groups is 1. The van der Waals surface area contributed by atoms with Crippen LogP contribution in [0.25, 0.3) is 10.3 Å². The molecule has 0 aliphatic carbocycles. The molecule has 0 aromatic carbocycles. The van der Waals surface area contributed by atoms with E-state index in [1.54, 1.807) is 0 Å². The molecule has 1 aliphatic heterocycles. The summed E-state index contributed by atoms with van der Waals surface area (Å²) in [4.78, 5) is 43.8. The number of carbonyl (C=O) groups excluding carboxylic acids is 1. The van der Waals surface area contributed by atoms with Gasteiger partial charge in [0, 0.05) is 19.6 Å².